The second-order valence-corrected chi connectivity index (χ2v) is 6.20. The van der Waals surface area contributed by atoms with Gasteiger partial charge < -0.3 is 19.0 Å². The van der Waals surface area contributed by atoms with Crippen molar-refractivity contribution in [1.29, 1.82) is 5.26 Å². The molecule has 0 bridgehead atoms. The maximum Gasteiger partial charge on any atom is 0.349 e. The first-order valence-corrected chi connectivity index (χ1v) is 8.61. The minimum atomic E-state index is -0.819. The monoisotopic (exact) mass is 391 g/mol. The molecule has 0 atom stereocenters. The summed E-state index contributed by atoms with van der Waals surface area (Å²) in [6.45, 7) is 1.38. The lowest BCUT2D eigenvalue weighted by Crippen LogP contribution is -2.09. The molecule has 0 aliphatic carbocycles. The van der Waals surface area contributed by atoms with Crippen LogP contribution in [0.5, 0.6) is 11.5 Å². The lowest BCUT2D eigenvalue weighted by molar-refractivity contribution is -0.139. The molecule has 0 aliphatic rings. The summed E-state index contributed by atoms with van der Waals surface area (Å²) in [4.78, 5) is 24.2. The normalized spacial score (nSPS) is 11.1. The van der Waals surface area contributed by atoms with Crippen LogP contribution >= 0.6 is 0 Å². The zero-order valence-corrected chi connectivity index (χ0v) is 15.8. The Labute approximate surface area is 166 Å². The predicted octanol–water partition coefficient (Wildman–Crippen LogP) is 3.47. The van der Waals surface area contributed by atoms with Gasteiger partial charge in [0.05, 0.1) is 7.11 Å². The van der Waals surface area contributed by atoms with Crippen molar-refractivity contribution in [2.45, 2.75) is 13.5 Å². The molecule has 0 radical (unpaired) electrons. The zero-order chi connectivity index (χ0) is 21.0. The van der Waals surface area contributed by atoms with Gasteiger partial charge in [-0.2, -0.15) is 5.26 Å². The van der Waals surface area contributed by atoms with Crippen LogP contribution in [0.15, 0.2) is 57.2 Å². The minimum Gasteiger partial charge on any atom is -0.508 e. The van der Waals surface area contributed by atoms with Crippen LogP contribution in [0.4, 0.5) is 0 Å². The summed E-state index contributed by atoms with van der Waals surface area (Å²) in [5, 5.41) is 19.6. The summed E-state index contributed by atoms with van der Waals surface area (Å²) >= 11 is 0. The average molecular weight is 391 g/mol. The molecule has 1 N–H and O–H groups in total. The van der Waals surface area contributed by atoms with E-state index >= 15 is 0 Å². The van der Waals surface area contributed by atoms with Crippen LogP contribution in [-0.4, -0.2) is 18.2 Å². The number of hydrogen-bond donors (Lipinski definition) is 1. The Balaban J connectivity index is 1.84. The van der Waals surface area contributed by atoms with E-state index in [1.807, 2.05) is 6.07 Å². The maximum atomic E-state index is 12.3. The van der Waals surface area contributed by atoms with Crippen LogP contribution in [0, 0.1) is 18.3 Å². The summed E-state index contributed by atoms with van der Waals surface area (Å²) in [6, 6.07) is 12.9. The molecule has 0 amide bonds. The predicted molar refractivity (Wildman–Crippen MR) is 105 cm³/mol. The molecular weight excluding hydrogens is 374 g/mol. The number of aryl methyl sites for hydroxylation is 1. The highest BCUT2D eigenvalue weighted by Crippen LogP contribution is 2.27. The molecule has 2 aromatic carbocycles. The number of methoxy groups -OCH3 is 1. The van der Waals surface area contributed by atoms with Crippen LogP contribution in [-0.2, 0) is 16.1 Å². The summed E-state index contributed by atoms with van der Waals surface area (Å²) in [5.74, 6) is -0.177. The third-order valence-electron chi connectivity index (χ3n) is 4.34. The van der Waals surface area contributed by atoms with E-state index in [-0.39, 0.29) is 23.5 Å². The number of phenolic OH excluding ortho intramolecular Hbond substituents is 1. The summed E-state index contributed by atoms with van der Waals surface area (Å²) < 4.78 is 15.5. The topological polar surface area (TPSA) is 110 Å². The molecule has 3 rings (SSSR count). The van der Waals surface area contributed by atoms with E-state index in [1.165, 1.54) is 18.2 Å². The lowest BCUT2D eigenvalue weighted by Gasteiger charge is -2.09. The fraction of sp³-hybridized carbons (Fsp3) is 0.136. The van der Waals surface area contributed by atoms with Gasteiger partial charge in [-0.1, -0.05) is 12.1 Å². The third kappa shape index (κ3) is 4.28. The number of aromatic hydroxyl groups is 1. The van der Waals surface area contributed by atoms with Crippen molar-refractivity contribution in [3.05, 3.63) is 75.1 Å². The van der Waals surface area contributed by atoms with E-state index < -0.39 is 11.6 Å². The Morgan fingerprint density at radius 2 is 1.97 bits per heavy atom. The van der Waals surface area contributed by atoms with Crippen molar-refractivity contribution < 1.29 is 23.8 Å². The largest absolute Gasteiger partial charge is 0.508 e. The second-order valence-electron chi connectivity index (χ2n) is 6.20. The Morgan fingerprint density at radius 1 is 1.24 bits per heavy atom. The standard InChI is InChI=1S/C22H17NO6/c1-13-19(24)8-7-18-16(10-20(25)29-21(13)18)12-28-22(26)15(11-23)9-14-3-5-17(27-2)6-4-14/h3-10,24H,12H2,1-2H3/b15-9+. The second kappa shape index (κ2) is 8.31. The molecule has 0 fully saturated rings. The van der Waals surface area contributed by atoms with Crippen LogP contribution in [0.25, 0.3) is 17.0 Å². The minimum absolute atomic E-state index is 0.0102. The highest BCUT2D eigenvalue weighted by molar-refractivity contribution is 5.98. The molecule has 0 saturated heterocycles. The molecule has 0 aliphatic heterocycles. The molecule has 3 aromatic rings. The van der Waals surface area contributed by atoms with Gasteiger partial charge in [0.25, 0.3) is 0 Å². The van der Waals surface area contributed by atoms with E-state index in [0.29, 0.717) is 27.8 Å². The number of carbonyl (C=O) groups excluding carboxylic acids is 1. The van der Waals surface area contributed by atoms with E-state index in [2.05, 4.69) is 0 Å². The molecule has 7 heteroatoms. The van der Waals surface area contributed by atoms with Crippen molar-refractivity contribution in [2.75, 3.05) is 7.11 Å². The molecule has 0 spiro atoms. The Hall–Kier alpha value is -4.05. The summed E-state index contributed by atoms with van der Waals surface area (Å²) in [7, 11) is 1.54. The number of carbonyl (C=O) groups is 1. The van der Waals surface area contributed by atoms with Gasteiger partial charge in [-0.25, -0.2) is 9.59 Å². The van der Waals surface area contributed by atoms with Crippen LogP contribution < -0.4 is 10.4 Å². The number of phenols is 1. The van der Waals surface area contributed by atoms with Gasteiger partial charge in [-0.15, -0.1) is 0 Å². The number of nitrogens with zero attached hydrogens (tertiary/aromatic N) is 1. The first-order valence-electron chi connectivity index (χ1n) is 8.61. The highest BCUT2D eigenvalue weighted by Gasteiger charge is 2.15. The Kier molecular flexibility index (Phi) is 5.65. The molecule has 1 heterocycles. The van der Waals surface area contributed by atoms with Gasteiger partial charge in [-0.3, -0.25) is 0 Å². The van der Waals surface area contributed by atoms with Crippen molar-refractivity contribution >= 4 is 23.0 Å². The summed E-state index contributed by atoms with van der Waals surface area (Å²) in [5.41, 5.74) is 0.858. The van der Waals surface area contributed by atoms with E-state index in [9.17, 15) is 20.0 Å². The van der Waals surface area contributed by atoms with Crippen molar-refractivity contribution in [3.63, 3.8) is 0 Å². The van der Waals surface area contributed by atoms with Gasteiger partial charge in [0.1, 0.15) is 35.3 Å². The zero-order valence-electron chi connectivity index (χ0n) is 15.8. The first kappa shape index (κ1) is 19.7. The van der Waals surface area contributed by atoms with Gasteiger partial charge in [-0.05, 0) is 42.8 Å². The number of hydrogen-bond acceptors (Lipinski definition) is 7. The fourth-order valence-corrected chi connectivity index (χ4v) is 2.76. The van der Waals surface area contributed by atoms with Crippen molar-refractivity contribution in [1.82, 2.24) is 0 Å². The number of benzene rings is 2. The molecule has 146 valence electrons. The average Bonchev–Trinajstić information content (AvgIpc) is 2.73. The van der Waals surface area contributed by atoms with E-state index in [1.54, 1.807) is 44.4 Å². The smallest absolute Gasteiger partial charge is 0.349 e. The molecule has 0 saturated carbocycles. The number of fused-ring (bicyclic) bond motifs is 1. The number of esters is 1. The highest BCUT2D eigenvalue weighted by atomic mass is 16.5. The molecule has 1 aromatic heterocycles. The summed E-state index contributed by atoms with van der Waals surface area (Å²) in [6.07, 6.45) is 1.40. The van der Waals surface area contributed by atoms with E-state index in [0.717, 1.165) is 0 Å². The van der Waals surface area contributed by atoms with Gasteiger partial charge in [0.15, 0.2) is 0 Å². The molecule has 29 heavy (non-hydrogen) atoms. The fourth-order valence-electron chi connectivity index (χ4n) is 2.76. The van der Waals surface area contributed by atoms with Crippen molar-refractivity contribution in [2.24, 2.45) is 0 Å². The SMILES string of the molecule is COc1ccc(/C=C(\C#N)C(=O)OCc2cc(=O)oc3c(C)c(O)ccc23)cc1. The molecule has 0 unspecified atom stereocenters. The molecule has 7 nitrogen and oxygen atoms in total. The number of ether oxygens (including phenoxy) is 2. The van der Waals surface area contributed by atoms with Crippen LogP contribution in [0.1, 0.15) is 16.7 Å². The first-order chi connectivity index (χ1) is 13.9. The Bertz CT molecular complexity index is 1200. The van der Waals surface area contributed by atoms with Gasteiger partial charge >= 0.3 is 11.6 Å². The van der Waals surface area contributed by atoms with Crippen molar-refractivity contribution in [3.8, 4) is 17.6 Å². The lowest BCUT2D eigenvalue weighted by atomic mass is 10.1. The van der Waals surface area contributed by atoms with Gasteiger partial charge in [0, 0.05) is 22.6 Å². The van der Waals surface area contributed by atoms with E-state index in [4.69, 9.17) is 13.9 Å². The molecular formula is C22H17NO6. The van der Waals surface area contributed by atoms with Crippen LogP contribution in [0.3, 0.4) is 0 Å². The Morgan fingerprint density at radius 3 is 2.62 bits per heavy atom. The quantitative estimate of drug-likeness (QED) is 0.307. The number of rotatable bonds is 5. The number of nitriles is 1. The van der Waals surface area contributed by atoms with Crippen LogP contribution in [0.2, 0.25) is 0 Å². The third-order valence-corrected chi connectivity index (χ3v) is 4.34. The maximum absolute atomic E-state index is 12.3. The van der Waals surface area contributed by atoms with Gasteiger partial charge in [0.2, 0.25) is 0 Å².